The highest BCUT2D eigenvalue weighted by atomic mass is 19.1. The fraction of sp³-hybridized carbons (Fsp3) is 0.222. The molecular weight excluding hydrogens is 403 g/mol. The predicted octanol–water partition coefficient (Wildman–Crippen LogP) is 2.20. The first kappa shape index (κ1) is 20.9. The maximum absolute atomic E-state index is 14.2. The van der Waals surface area contributed by atoms with Gasteiger partial charge >= 0.3 is 0 Å². The highest BCUT2D eigenvalue weighted by molar-refractivity contribution is 5.75. The lowest BCUT2D eigenvalue weighted by atomic mass is 10.2. The molecule has 0 unspecified atom stereocenters. The molecule has 0 radical (unpaired) electrons. The number of ether oxygens (including phenoxy) is 1. The Labute approximate surface area is 169 Å². The Morgan fingerprint density at radius 3 is 2.73 bits per heavy atom. The van der Waals surface area contributed by atoms with Gasteiger partial charge in [-0.25, -0.2) is 18.2 Å². The van der Waals surface area contributed by atoms with Crippen LogP contribution in [0.1, 0.15) is 5.56 Å². The third-order valence-corrected chi connectivity index (χ3v) is 4.02. The Morgan fingerprint density at radius 1 is 1.20 bits per heavy atom. The minimum Gasteiger partial charge on any atom is -0.494 e. The topological polar surface area (TPSA) is 106 Å². The molecule has 0 atom stereocenters. The summed E-state index contributed by atoms with van der Waals surface area (Å²) in [4.78, 5) is 19.2. The molecule has 0 aliphatic rings. The van der Waals surface area contributed by atoms with Crippen LogP contribution in [0.4, 0.5) is 30.6 Å². The zero-order valence-corrected chi connectivity index (χ0v) is 16.0. The van der Waals surface area contributed by atoms with Crippen LogP contribution in [0.3, 0.4) is 0 Å². The van der Waals surface area contributed by atoms with Gasteiger partial charge in [0.15, 0.2) is 23.2 Å². The minimum atomic E-state index is -0.888. The minimum absolute atomic E-state index is 0.0185. The normalized spacial score (nSPS) is 10.6. The number of nitrogens with one attached hydrogen (secondary N) is 3. The van der Waals surface area contributed by atoms with Crippen LogP contribution in [-0.4, -0.2) is 39.8 Å². The van der Waals surface area contributed by atoms with E-state index in [1.54, 1.807) is 0 Å². The van der Waals surface area contributed by atoms with E-state index in [1.165, 1.54) is 31.2 Å². The smallest absolute Gasteiger partial charge is 0.241 e. The molecule has 0 aliphatic carbocycles. The van der Waals surface area contributed by atoms with Crippen LogP contribution < -0.4 is 20.7 Å². The summed E-state index contributed by atoms with van der Waals surface area (Å²) in [5, 5.41) is 11.8. The molecule has 3 rings (SSSR count). The molecule has 9 nitrogen and oxygen atoms in total. The summed E-state index contributed by atoms with van der Waals surface area (Å²) in [6.07, 6.45) is 3.88. The number of nitrogens with zero attached hydrogens (tertiary/aromatic N) is 4. The van der Waals surface area contributed by atoms with Crippen LogP contribution in [0.15, 0.2) is 30.7 Å². The molecule has 0 saturated carbocycles. The maximum atomic E-state index is 14.2. The van der Waals surface area contributed by atoms with E-state index in [-0.39, 0.29) is 42.1 Å². The van der Waals surface area contributed by atoms with Crippen LogP contribution >= 0.6 is 0 Å². The Balaban J connectivity index is 1.73. The van der Waals surface area contributed by atoms with Crippen molar-refractivity contribution in [3.63, 3.8) is 0 Å². The number of anilines is 3. The summed E-state index contributed by atoms with van der Waals surface area (Å²) in [7, 11) is 2.77. The lowest BCUT2D eigenvalue weighted by Gasteiger charge is -2.11. The summed E-state index contributed by atoms with van der Waals surface area (Å²) >= 11 is 0. The number of methoxy groups -OCH3 is 1. The van der Waals surface area contributed by atoms with E-state index in [0.717, 1.165) is 18.3 Å². The van der Waals surface area contributed by atoms with Gasteiger partial charge in [-0.2, -0.15) is 10.1 Å². The molecule has 12 heteroatoms. The zero-order chi connectivity index (χ0) is 21.7. The third kappa shape index (κ3) is 4.77. The summed E-state index contributed by atoms with van der Waals surface area (Å²) in [5.74, 6) is -3.10. The van der Waals surface area contributed by atoms with Gasteiger partial charge in [0, 0.05) is 25.4 Å². The van der Waals surface area contributed by atoms with Crippen molar-refractivity contribution in [1.82, 2.24) is 25.1 Å². The average Bonchev–Trinajstić information content (AvgIpc) is 3.16. The molecular formula is C18H18F3N7O2. The van der Waals surface area contributed by atoms with E-state index < -0.39 is 17.5 Å². The number of hydrogen-bond acceptors (Lipinski definition) is 7. The van der Waals surface area contributed by atoms with E-state index in [4.69, 9.17) is 4.74 Å². The molecule has 0 saturated heterocycles. The van der Waals surface area contributed by atoms with E-state index in [1.807, 2.05) is 0 Å². The monoisotopic (exact) mass is 421 g/mol. The molecule has 2 heterocycles. The van der Waals surface area contributed by atoms with Crippen molar-refractivity contribution in [3.8, 4) is 5.75 Å². The Kier molecular flexibility index (Phi) is 6.35. The number of likely N-dealkylation sites (N-methyl/N-ethyl adjacent to an activating group) is 1. The van der Waals surface area contributed by atoms with Gasteiger partial charge in [0.25, 0.3) is 0 Å². The number of halogens is 3. The average molecular weight is 421 g/mol. The largest absolute Gasteiger partial charge is 0.494 e. The molecule has 3 N–H and O–H groups in total. The fourth-order valence-electron chi connectivity index (χ4n) is 2.49. The third-order valence-electron chi connectivity index (χ3n) is 4.02. The molecule has 2 aromatic heterocycles. The molecule has 0 spiro atoms. The number of carbonyl (C=O) groups is 1. The lowest BCUT2D eigenvalue weighted by Crippen LogP contribution is -2.23. The first-order valence-electron chi connectivity index (χ1n) is 8.68. The Hall–Kier alpha value is -3.83. The number of hydrogen-bond donors (Lipinski definition) is 3. The second kappa shape index (κ2) is 9.11. The van der Waals surface area contributed by atoms with Gasteiger partial charge in [-0.15, -0.1) is 0 Å². The van der Waals surface area contributed by atoms with Crippen LogP contribution in [0, 0.1) is 17.5 Å². The van der Waals surface area contributed by atoms with Gasteiger partial charge in [0.05, 0.1) is 25.2 Å². The van der Waals surface area contributed by atoms with Gasteiger partial charge in [-0.05, 0) is 12.1 Å². The van der Waals surface area contributed by atoms with Crippen LogP contribution in [-0.2, 0) is 17.9 Å². The summed E-state index contributed by atoms with van der Waals surface area (Å²) in [5.41, 5.74) is 0.138. The molecule has 3 aromatic rings. The van der Waals surface area contributed by atoms with Crippen molar-refractivity contribution in [1.29, 1.82) is 0 Å². The molecule has 1 amide bonds. The second-order valence-corrected chi connectivity index (χ2v) is 6.01. The van der Waals surface area contributed by atoms with Crippen LogP contribution in [0.2, 0.25) is 0 Å². The van der Waals surface area contributed by atoms with E-state index in [9.17, 15) is 18.0 Å². The Morgan fingerprint density at radius 2 is 2.00 bits per heavy atom. The lowest BCUT2D eigenvalue weighted by molar-refractivity contribution is -0.121. The molecule has 30 heavy (non-hydrogen) atoms. The highest BCUT2D eigenvalue weighted by Gasteiger charge is 2.16. The second-order valence-electron chi connectivity index (χ2n) is 6.01. The van der Waals surface area contributed by atoms with Gasteiger partial charge in [-0.1, -0.05) is 0 Å². The number of rotatable bonds is 8. The van der Waals surface area contributed by atoms with Crippen LogP contribution in [0.25, 0.3) is 0 Å². The standard InChI is InChI=1S/C18H18F3N7O2/c1-22-15(29)9-28-8-10(5-25-28)26-18-24-7-13(20)17(27-18)23-6-11-12(19)3-4-14(30-2)16(11)21/h3-5,7-8H,6,9H2,1-2H3,(H,22,29)(H2,23,24,26,27). The van der Waals surface area contributed by atoms with E-state index >= 15 is 0 Å². The van der Waals surface area contributed by atoms with Crippen LogP contribution in [0.5, 0.6) is 5.75 Å². The summed E-state index contributed by atoms with van der Waals surface area (Å²) < 4.78 is 48.4. The molecule has 0 aliphatic heterocycles. The van der Waals surface area contributed by atoms with Crippen molar-refractivity contribution in [2.45, 2.75) is 13.1 Å². The first-order chi connectivity index (χ1) is 14.4. The Bertz CT molecular complexity index is 1060. The van der Waals surface area contributed by atoms with Gasteiger partial charge in [0.1, 0.15) is 12.4 Å². The van der Waals surface area contributed by atoms with E-state index in [2.05, 4.69) is 31.0 Å². The molecule has 0 bridgehead atoms. The van der Waals surface area contributed by atoms with Crippen molar-refractivity contribution >= 4 is 23.4 Å². The fourth-order valence-corrected chi connectivity index (χ4v) is 2.49. The first-order valence-corrected chi connectivity index (χ1v) is 8.68. The zero-order valence-electron chi connectivity index (χ0n) is 16.0. The van der Waals surface area contributed by atoms with Gasteiger partial charge < -0.3 is 20.7 Å². The number of carbonyl (C=O) groups excluding carboxylic acids is 1. The van der Waals surface area contributed by atoms with Crippen molar-refractivity contribution in [3.05, 3.63) is 53.7 Å². The molecule has 1 aromatic carbocycles. The van der Waals surface area contributed by atoms with Crippen molar-refractivity contribution < 1.29 is 22.7 Å². The summed E-state index contributed by atoms with van der Waals surface area (Å²) in [6, 6.07) is 2.21. The highest BCUT2D eigenvalue weighted by Crippen LogP contribution is 2.24. The molecule has 158 valence electrons. The quantitative estimate of drug-likeness (QED) is 0.512. The number of aromatic nitrogens is 4. The van der Waals surface area contributed by atoms with Crippen molar-refractivity contribution in [2.24, 2.45) is 0 Å². The molecule has 0 fully saturated rings. The predicted molar refractivity (Wildman–Crippen MR) is 102 cm³/mol. The maximum Gasteiger partial charge on any atom is 0.241 e. The van der Waals surface area contributed by atoms with Crippen molar-refractivity contribution in [2.75, 3.05) is 24.8 Å². The van der Waals surface area contributed by atoms with E-state index in [0.29, 0.717) is 5.69 Å². The van der Waals surface area contributed by atoms with Gasteiger partial charge in [0.2, 0.25) is 11.9 Å². The number of benzene rings is 1. The number of amides is 1. The van der Waals surface area contributed by atoms with Gasteiger partial charge in [-0.3, -0.25) is 9.48 Å². The summed E-state index contributed by atoms with van der Waals surface area (Å²) in [6.45, 7) is -0.348. The SMILES string of the molecule is CNC(=O)Cn1cc(Nc2ncc(F)c(NCc3c(F)ccc(OC)c3F)n2)cn1.